The molecule has 0 spiro atoms. The van der Waals surface area contributed by atoms with Crippen LogP contribution in [-0.4, -0.2) is 24.1 Å². The van der Waals surface area contributed by atoms with E-state index in [2.05, 4.69) is 13.2 Å². The lowest BCUT2D eigenvalue weighted by molar-refractivity contribution is -0.140. The van der Waals surface area contributed by atoms with E-state index < -0.39 is 0 Å². The first kappa shape index (κ1) is 12.9. The van der Waals surface area contributed by atoms with Crippen LogP contribution < -0.4 is 0 Å². The Bertz CT molecular complexity index is 327. The molecule has 4 nitrogen and oxygen atoms in total. The molecule has 2 aliphatic heterocycles. The van der Waals surface area contributed by atoms with Crippen LogP contribution in [0.2, 0.25) is 0 Å². The van der Waals surface area contributed by atoms with Crippen LogP contribution in [0.1, 0.15) is 38.5 Å². The van der Waals surface area contributed by atoms with Crippen LogP contribution >= 0.6 is 0 Å². The number of carbonyl (C=O) groups is 2. The van der Waals surface area contributed by atoms with Crippen LogP contribution in [0.3, 0.4) is 0 Å². The standard InChI is InChI=1S/C14H18O4/c1-9-7-11(17-13(9)15)5-3-4-6-12-8-10(2)14(16)18-12/h11-12H,1-8H2/t11-,12+. The van der Waals surface area contributed by atoms with Crippen molar-refractivity contribution in [1.29, 1.82) is 0 Å². The van der Waals surface area contributed by atoms with Crippen LogP contribution in [0, 0.1) is 0 Å². The van der Waals surface area contributed by atoms with Crippen molar-refractivity contribution in [2.24, 2.45) is 0 Å². The summed E-state index contributed by atoms with van der Waals surface area (Å²) >= 11 is 0. The minimum atomic E-state index is -0.263. The molecule has 0 saturated carbocycles. The molecule has 98 valence electrons. The van der Waals surface area contributed by atoms with Crippen molar-refractivity contribution in [3.05, 3.63) is 24.3 Å². The van der Waals surface area contributed by atoms with E-state index in [9.17, 15) is 9.59 Å². The predicted octanol–water partition coefficient (Wildman–Crippen LogP) is 2.29. The van der Waals surface area contributed by atoms with E-state index in [4.69, 9.17) is 9.47 Å². The summed E-state index contributed by atoms with van der Waals surface area (Å²) in [6.07, 6.45) is 4.91. The van der Waals surface area contributed by atoms with Crippen LogP contribution in [0.15, 0.2) is 24.3 Å². The normalized spacial score (nSPS) is 27.6. The summed E-state index contributed by atoms with van der Waals surface area (Å²) in [6, 6.07) is 0. The van der Waals surface area contributed by atoms with E-state index in [1.54, 1.807) is 0 Å². The van der Waals surface area contributed by atoms with Gasteiger partial charge in [-0.05, 0) is 25.7 Å². The van der Waals surface area contributed by atoms with Crippen molar-refractivity contribution in [3.8, 4) is 0 Å². The third-order valence-electron chi connectivity index (χ3n) is 3.38. The van der Waals surface area contributed by atoms with Crippen molar-refractivity contribution < 1.29 is 19.1 Å². The summed E-state index contributed by atoms with van der Waals surface area (Å²) in [4.78, 5) is 22.2. The minimum Gasteiger partial charge on any atom is -0.459 e. The van der Waals surface area contributed by atoms with Gasteiger partial charge in [-0.3, -0.25) is 0 Å². The maximum absolute atomic E-state index is 11.1. The molecule has 2 atom stereocenters. The van der Waals surface area contributed by atoms with E-state index in [0.29, 0.717) is 24.0 Å². The third kappa shape index (κ3) is 3.00. The average Bonchev–Trinajstić information content (AvgIpc) is 2.79. The van der Waals surface area contributed by atoms with Crippen LogP contribution in [0.4, 0.5) is 0 Å². The summed E-state index contributed by atoms with van der Waals surface area (Å²) in [5.41, 5.74) is 1.14. The van der Waals surface area contributed by atoms with Crippen molar-refractivity contribution in [2.75, 3.05) is 0 Å². The average molecular weight is 250 g/mol. The van der Waals surface area contributed by atoms with Gasteiger partial charge < -0.3 is 9.47 Å². The molecule has 2 saturated heterocycles. The van der Waals surface area contributed by atoms with Crippen molar-refractivity contribution in [1.82, 2.24) is 0 Å². The monoisotopic (exact) mass is 250 g/mol. The van der Waals surface area contributed by atoms with Crippen LogP contribution in [0.25, 0.3) is 0 Å². The number of unbranched alkanes of at least 4 members (excludes halogenated alkanes) is 1. The number of rotatable bonds is 5. The smallest absolute Gasteiger partial charge is 0.333 e. The molecule has 0 radical (unpaired) electrons. The number of esters is 2. The Morgan fingerprint density at radius 1 is 0.889 bits per heavy atom. The number of cyclic esters (lactones) is 2. The third-order valence-corrected chi connectivity index (χ3v) is 3.38. The highest BCUT2D eigenvalue weighted by Crippen LogP contribution is 2.25. The highest BCUT2D eigenvalue weighted by atomic mass is 16.6. The second-order valence-electron chi connectivity index (χ2n) is 4.95. The lowest BCUT2D eigenvalue weighted by Crippen LogP contribution is -2.09. The van der Waals surface area contributed by atoms with Gasteiger partial charge in [-0.15, -0.1) is 0 Å². The Morgan fingerprint density at radius 3 is 1.56 bits per heavy atom. The zero-order valence-corrected chi connectivity index (χ0v) is 10.4. The summed E-state index contributed by atoms with van der Waals surface area (Å²) in [7, 11) is 0. The SMILES string of the molecule is C=C1C[C@@H](CCCC[C@H]2CC(=C)C(=O)O2)OC1=O. The molecular formula is C14H18O4. The summed E-state index contributed by atoms with van der Waals surface area (Å²) in [6.45, 7) is 7.30. The molecule has 2 rings (SSSR count). The van der Waals surface area contributed by atoms with Crippen molar-refractivity contribution in [2.45, 2.75) is 50.7 Å². The van der Waals surface area contributed by atoms with Gasteiger partial charge in [0.25, 0.3) is 0 Å². The van der Waals surface area contributed by atoms with E-state index in [1.165, 1.54) is 0 Å². The summed E-state index contributed by atoms with van der Waals surface area (Å²) < 4.78 is 10.3. The van der Waals surface area contributed by atoms with Crippen LogP contribution in [-0.2, 0) is 19.1 Å². The van der Waals surface area contributed by atoms with Gasteiger partial charge in [0, 0.05) is 24.0 Å². The number of hydrogen-bond donors (Lipinski definition) is 0. The molecule has 2 heterocycles. The fraction of sp³-hybridized carbons (Fsp3) is 0.571. The van der Waals surface area contributed by atoms with Gasteiger partial charge in [-0.25, -0.2) is 9.59 Å². The molecule has 0 unspecified atom stereocenters. The molecule has 0 aliphatic carbocycles. The quantitative estimate of drug-likeness (QED) is 0.427. The van der Waals surface area contributed by atoms with Crippen molar-refractivity contribution in [3.63, 3.8) is 0 Å². The molecule has 2 aliphatic rings. The van der Waals surface area contributed by atoms with Gasteiger partial charge >= 0.3 is 11.9 Å². The topological polar surface area (TPSA) is 52.6 Å². The molecule has 0 bridgehead atoms. The maximum atomic E-state index is 11.1. The maximum Gasteiger partial charge on any atom is 0.333 e. The number of ether oxygens (including phenoxy) is 2. The second-order valence-corrected chi connectivity index (χ2v) is 4.95. The fourth-order valence-corrected chi connectivity index (χ4v) is 2.34. The number of carbonyl (C=O) groups excluding carboxylic acids is 2. The van der Waals surface area contributed by atoms with E-state index in [1.807, 2.05) is 0 Å². The summed E-state index contributed by atoms with van der Waals surface area (Å²) in [5, 5.41) is 0. The lowest BCUT2D eigenvalue weighted by Gasteiger charge is -2.10. The van der Waals surface area contributed by atoms with Crippen molar-refractivity contribution >= 4 is 11.9 Å². The van der Waals surface area contributed by atoms with Gasteiger partial charge in [0.05, 0.1) is 0 Å². The first-order valence-corrected chi connectivity index (χ1v) is 6.34. The molecule has 0 aromatic rings. The summed E-state index contributed by atoms with van der Waals surface area (Å²) in [5.74, 6) is -0.526. The highest BCUT2D eigenvalue weighted by Gasteiger charge is 2.28. The van der Waals surface area contributed by atoms with Crippen LogP contribution in [0.5, 0.6) is 0 Å². The molecule has 2 fully saturated rings. The molecule has 0 aromatic heterocycles. The molecular weight excluding hydrogens is 232 g/mol. The number of hydrogen-bond acceptors (Lipinski definition) is 4. The molecule has 0 aromatic carbocycles. The predicted molar refractivity (Wildman–Crippen MR) is 65.7 cm³/mol. The minimum absolute atomic E-state index is 0.00825. The van der Waals surface area contributed by atoms with E-state index in [0.717, 1.165) is 25.7 Å². The van der Waals surface area contributed by atoms with Gasteiger partial charge in [-0.2, -0.15) is 0 Å². The molecule has 18 heavy (non-hydrogen) atoms. The Morgan fingerprint density at radius 2 is 1.28 bits per heavy atom. The molecule has 0 amide bonds. The van der Waals surface area contributed by atoms with Gasteiger partial charge in [0.2, 0.25) is 0 Å². The van der Waals surface area contributed by atoms with Gasteiger partial charge in [0.15, 0.2) is 0 Å². The fourth-order valence-electron chi connectivity index (χ4n) is 2.34. The lowest BCUT2D eigenvalue weighted by atomic mass is 10.0. The van der Waals surface area contributed by atoms with E-state index in [-0.39, 0.29) is 24.1 Å². The zero-order chi connectivity index (χ0) is 13.1. The van der Waals surface area contributed by atoms with Gasteiger partial charge in [0.1, 0.15) is 12.2 Å². The highest BCUT2D eigenvalue weighted by molar-refractivity contribution is 5.90. The molecule has 4 heteroatoms. The first-order chi connectivity index (χ1) is 8.56. The Hall–Kier alpha value is -1.58. The largest absolute Gasteiger partial charge is 0.459 e. The first-order valence-electron chi connectivity index (χ1n) is 6.34. The molecule has 0 N–H and O–H groups in total. The zero-order valence-electron chi connectivity index (χ0n) is 10.4. The Labute approximate surface area is 107 Å². The van der Waals surface area contributed by atoms with E-state index >= 15 is 0 Å². The Balaban J connectivity index is 1.60. The van der Waals surface area contributed by atoms with Gasteiger partial charge in [-0.1, -0.05) is 13.2 Å². The Kier molecular flexibility index (Phi) is 3.84. The second kappa shape index (κ2) is 5.38.